The van der Waals surface area contributed by atoms with Crippen LogP contribution in [-0.4, -0.2) is 23.3 Å². The molecule has 0 aromatic carbocycles. The Kier molecular flexibility index (Phi) is 2.27. The van der Waals surface area contributed by atoms with Crippen LogP contribution in [0.25, 0.3) is 0 Å². The quantitative estimate of drug-likeness (QED) is 0.719. The van der Waals surface area contributed by atoms with Crippen LogP contribution in [0.3, 0.4) is 0 Å². The van der Waals surface area contributed by atoms with Gasteiger partial charge in [0.2, 0.25) is 0 Å². The van der Waals surface area contributed by atoms with Crippen molar-refractivity contribution in [2.45, 2.75) is 13.8 Å². The summed E-state index contributed by atoms with van der Waals surface area (Å²) >= 11 is 0. The Morgan fingerprint density at radius 3 is 2.64 bits per heavy atom. The van der Waals surface area contributed by atoms with E-state index < -0.39 is 0 Å². The van der Waals surface area contributed by atoms with Crippen LogP contribution in [0.2, 0.25) is 0 Å². The lowest BCUT2D eigenvalue weighted by Gasteiger charge is -2.16. The molecule has 4 nitrogen and oxygen atoms in total. The van der Waals surface area contributed by atoms with Crippen LogP contribution in [0.15, 0.2) is 17.1 Å². The Morgan fingerprint density at radius 2 is 2.07 bits per heavy atom. The second-order valence-electron chi connectivity index (χ2n) is 4.16. The van der Waals surface area contributed by atoms with Crippen molar-refractivity contribution in [1.82, 2.24) is 10.2 Å². The summed E-state index contributed by atoms with van der Waals surface area (Å²) in [5.74, 6) is 1.38. The molecule has 0 spiro atoms. The van der Waals surface area contributed by atoms with Crippen molar-refractivity contribution in [3.05, 3.63) is 22.6 Å². The molecule has 1 aliphatic rings. The van der Waals surface area contributed by atoms with Gasteiger partial charge in [0.1, 0.15) is 0 Å². The van der Waals surface area contributed by atoms with E-state index in [4.69, 9.17) is 0 Å². The Balaban J connectivity index is 2.21. The van der Waals surface area contributed by atoms with E-state index in [1.54, 1.807) is 12.3 Å². The van der Waals surface area contributed by atoms with E-state index in [2.05, 4.69) is 28.9 Å². The highest BCUT2D eigenvalue weighted by Gasteiger charge is 2.26. The van der Waals surface area contributed by atoms with Crippen molar-refractivity contribution in [1.29, 1.82) is 0 Å². The van der Waals surface area contributed by atoms with Crippen molar-refractivity contribution < 1.29 is 0 Å². The normalized spacial score (nSPS) is 26.9. The van der Waals surface area contributed by atoms with Gasteiger partial charge in [-0.1, -0.05) is 13.8 Å². The third-order valence-electron chi connectivity index (χ3n) is 3.00. The number of rotatable bonds is 1. The third kappa shape index (κ3) is 1.64. The summed E-state index contributed by atoms with van der Waals surface area (Å²) in [5, 5.41) is 6.19. The zero-order chi connectivity index (χ0) is 10.1. The van der Waals surface area contributed by atoms with Crippen LogP contribution >= 0.6 is 0 Å². The molecule has 2 rings (SSSR count). The zero-order valence-electron chi connectivity index (χ0n) is 8.53. The van der Waals surface area contributed by atoms with Crippen molar-refractivity contribution in [3.63, 3.8) is 0 Å². The van der Waals surface area contributed by atoms with Gasteiger partial charge in [-0.25, -0.2) is 5.10 Å². The number of anilines is 1. The van der Waals surface area contributed by atoms with Crippen LogP contribution < -0.4 is 10.5 Å². The SMILES string of the molecule is CC1CN(c2cn[nH]c(=O)c2)CC1C. The largest absolute Gasteiger partial charge is 0.370 e. The first-order chi connectivity index (χ1) is 6.66. The van der Waals surface area contributed by atoms with E-state index in [1.807, 2.05) is 0 Å². The molecule has 0 radical (unpaired) electrons. The average molecular weight is 193 g/mol. The van der Waals surface area contributed by atoms with Crippen LogP contribution in [0.4, 0.5) is 5.69 Å². The Labute approximate surface area is 82.9 Å². The van der Waals surface area contributed by atoms with Gasteiger partial charge in [0, 0.05) is 19.2 Å². The van der Waals surface area contributed by atoms with E-state index in [0.717, 1.165) is 18.8 Å². The van der Waals surface area contributed by atoms with E-state index in [1.165, 1.54) is 0 Å². The fourth-order valence-electron chi connectivity index (χ4n) is 1.88. The van der Waals surface area contributed by atoms with E-state index in [9.17, 15) is 4.79 Å². The fraction of sp³-hybridized carbons (Fsp3) is 0.600. The molecule has 2 heterocycles. The van der Waals surface area contributed by atoms with Gasteiger partial charge in [-0.15, -0.1) is 0 Å². The van der Waals surface area contributed by atoms with Crippen LogP contribution in [-0.2, 0) is 0 Å². The third-order valence-corrected chi connectivity index (χ3v) is 3.00. The Hall–Kier alpha value is -1.32. The van der Waals surface area contributed by atoms with Gasteiger partial charge < -0.3 is 4.90 Å². The summed E-state index contributed by atoms with van der Waals surface area (Å²) in [6.07, 6.45) is 1.71. The summed E-state index contributed by atoms with van der Waals surface area (Å²) in [6, 6.07) is 1.61. The number of hydrogen-bond donors (Lipinski definition) is 1. The summed E-state index contributed by atoms with van der Waals surface area (Å²) in [4.78, 5) is 13.3. The minimum atomic E-state index is -0.130. The second-order valence-corrected chi connectivity index (χ2v) is 4.16. The maximum absolute atomic E-state index is 11.1. The van der Waals surface area contributed by atoms with E-state index >= 15 is 0 Å². The molecule has 2 unspecified atom stereocenters. The number of nitrogens with one attached hydrogen (secondary N) is 1. The lowest BCUT2D eigenvalue weighted by Crippen LogP contribution is -2.22. The molecule has 76 valence electrons. The van der Waals surface area contributed by atoms with Crippen molar-refractivity contribution in [2.24, 2.45) is 11.8 Å². The lowest BCUT2D eigenvalue weighted by atomic mass is 10.0. The zero-order valence-corrected chi connectivity index (χ0v) is 8.53. The number of hydrogen-bond acceptors (Lipinski definition) is 3. The Bertz CT molecular complexity index is 364. The molecule has 0 aliphatic carbocycles. The van der Waals surface area contributed by atoms with Crippen LogP contribution in [0.1, 0.15) is 13.8 Å². The maximum Gasteiger partial charge on any atom is 0.266 e. The van der Waals surface area contributed by atoms with Gasteiger partial charge in [0.25, 0.3) is 5.56 Å². The standard InChI is InChI=1S/C10H15N3O/c1-7-5-13(6-8(7)2)9-3-10(14)12-11-4-9/h3-4,7-8H,5-6H2,1-2H3,(H,12,14). The summed E-state index contributed by atoms with van der Waals surface area (Å²) in [5.41, 5.74) is 0.805. The highest BCUT2D eigenvalue weighted by molar-refractivity contribution is 5.44. The highest BCUT2D eigenvalue weighted by atomic mass is 16.1. The number of nitrogens with zero attached hydrogens (tertiary/aromatic N) is 2. The number of aromatic nitrogens is 2. The minimum Gasteiger partial charge on any atom is -0.370 e. The molecule has 2 atom stereocenters. The summed E-state index contributed by atoms with van der Waals surface area (Å²) in [6.45, 7) is 6.52. The smallest absolute Gasteiger partial charge is 0.266 e. The first-order valence-electron chi connectivity index (χ1n) is 4.96. The fourth-order valence-corrected chi connectivity index (χ4v) is 1.88. The van der Waals surface area contributed by atoms with Crippen LogP contribution in [0.5, 0.6) is 0 Å². The monoisotopic (exact) mass is 193 g/mol. The molecule has 0 saturated carbocycles. The minimum absolute atomic E-state index is 0.130. The molecule has 0 amide bonds. The van der Waals surface area contributed by atoms with E-state index in [-0.39, 0.29) is 5.56 Å². The molecule has 1 aromatic heterocycles. The molecule has 4 heteroatoms. The van der Waals surface area contributed by atoms with Gasteiger partial charge in [-0.2, -0.15) is 5.10 Å². The van der Waals surface area contributed by atoms with Gasteiger partial charge >= 0.3 is 0 Å². The van der Waals surface area contributed by atoms with Crippen molar-refractivity contribution in [2.75, 3.05) is 18.0 Å². The Morgan fingerprint density at radius 1 is 1.43 bits per heavy atom. The second kappa shape index (κ2) is 3.44. The summed E-state index contributed by atoms with van der Waals surface area (Å²) in [7, 11) is 0. The first kappa shape index (κ1) is 9.24. The van der Waals surface area contributed by atoms with Gasteiger partial charge in [-0.05, 0) is 11.8 Å². The predicted octanol–water partition coefficient (Wildman–Crippen LogP) is 0.862. The molecule has 0 bridgehead atoms. The molecule has 1 N–H and O–H groups in total. The van der Waals surface area contributed by atoms with Gasteiger partial charge in [0.15, 0.2) is 0 Å². The van der Waals surface area contributed by atoms with E-state index in [0.29, 0.717) is 11.8 Å². The molecule has 1 aliphatic heterocycles. The molecule has 1 aromatic rings. The summed E-state index contributed by atoms with van der Waals surface area (Å²) < 4.78 is 0. The molecule has 1 fully saturated rings. The first-order valence-corrected chi connectivity index (χ1v) is 4.96. The lowest BCUT2D eigenvalue weighted by molar-refractivity contribution is 0.494. The van der Waals surface area contributed by atoms with Gasteiger partial charge in [-0.3, -0.25) is 4.79 Å². The molecular formula is C10H15N3O. The predicted molar refractivity (Wildman–Crippen MR) is 55.4 cm³/mol. The average Bonchev–Trinajstić information content (AvgIpc) is 2.47. The maximum atomic E-state index is 11.1. The van der Waals surface area contributed by atoms with Crippen molar-refractivity contribution >= 4 is 5.69 Å². The van der Waals surface area contributed by atoms with Crippen LogP contribution in [0, 0.1) is 11.8 Å². The number of aromatic amines is 1. The highest BCUT2D eigenvalue weighted by Crippen LogP contribution is 2.25. The topological polar surface area (TPSA) is 49.0 Å². The van der Waals surface area contributed by atoms with Gasteiger partial charge in [0.05, 0.1) is 11.9 Å². The molecule has 1 saturated heterocycles. The molecular weight excluding hydrogens is 178 g/mol. The molecule has 14 heavy (non-hydrogen) atoms. The number of H-pyrrole nitrogens is 1. The van der Waals surface area contributed by atoms with Crippen molar-refractivity contribution in [3.8, 4) is 0 Å².